The number of amides is 1. The summed E-state index contributed by atoms with van der Waals surface area (Å²) >= 11 is 7.45. The minimum atomic E-state index is -0.0792. The summed E-state index contributed by atoms with van der Waals surface area (Å²) in [4.78, 5) is 11.9. The quantitative estimate of drug-likeness (QED) is 0.575. The van der Waals surface area contributed by atoms with E-state index in [-0.39, 0.29) is 5.91 Å². The molecule has 0 atom stereocenters. The summed E-state index contributed by atoms with van der Waals surface area (Å²) in [5, 5.41) is 6.12. The molecule has 0 aromatic heterocycles. The minimum Gasteiger partial charge on any atom is -0.332 e. The average molecular weight is 424 g/mol. The standard InChI is InChI=1S/C17H17IN2OS/c1-12-11-14(18)8-9-15(12)19-17(22)20-16(21)10-7-13-5-3-2-4-6-13/h2-6,8-9,11H,7,10H2,1H3,(H2,19,20,21,22). The first-order chi connectivity index (χ1) is 10.5. The van der Waals surface area contributed by atoms with Crippen LogP contribution in [0.4, 0.5) is 5.69 Å². The van der Waals surface area contributed by atoms with Crippen LogP contribution in [-0.2, 0) is 11.2 Å². The average Bonchev–Trinajstić information content (AvgIpc) is 2.49. The van der Waals surface area contributed by atoms with Gasteiger partial charge in [-0.25, -0.2) is 0 Å². The van der Waals surface area contributed by atoms with Crippen LogP contribution >= 0.6 is 34.8 Å². The highest BCUT2D eigenvalue weighted by atomic mass is 127. The van der Waals surface area contributed by atoms with Crippen molar-refractivity contribution in [3.8, 4) is 0 Å². The van der Waals surface area contributed by atoms with Gasteiger partial charge in [0.05, 0.1) is 0 Å². The predicted molar refractivity (Wildman–Crippen MR) is 103 cm³/mol. The van der Waals surface area contributed by atoms with Crippen LogP contribution in [0.5, 0.6) is 0 Å². The third-order valence-corrected chi connectivity index (χ3v) is 4.05. The van der Waals surface area contributed by atoms with E-state index in [4.69, 9.17) is 12.2 Å². The van der Waals surface area contributed by atoms with Gasteiger partial charge in [-0.1, -0.05) is 30.3 Å². The smallest absolute Gasteiger partial charge is 0.226 e. The molecule has 0 radical (unpaired) electrons. The Morgan fingerprint density at radius 1 is 1.18 bits per heavy atom. The Hall–Kier alpha value is -1.47. The number of carbonyl (C=O) groups is 1. The Morgan fingerprint density at radius 2 is 1.91 bits per heavy atom. The molecular formula is C17H17IN2OS. The van der Waals surface area contributed by atoms with Gasteiger partial charge in [0, 0.05) is 15.7 Å². The van der Waals surface area contributed by atoms with E-state index < -0.39 is 0 Å². The zero-order valence-electron chi connectivity index (χ0n) is 12.2. The lowest BCUT2D eigenvalue weighted by Gasteiger charge is -2.12. The molecule has 0 unspecified atom stereocenters. The van der Waals surface area contributed by atoms with Gasteiger partial charge in [-0.2, -0.15) is 0 Å². The minimum absolute atomic E-state index is 0.0792. The molecule has 0 spiro atoms. The van der Waals surface area contributed by atoms with Crippen molar-refractivity contribution >= 4 is 51.5 Å². The number of thiocarbonyl (C=S) groups is 1. The van der Waals surface area contributed by atoms with Gasteiger partial charge in [0.2, 0.25) is 5.91 Å². The molecule has 1 amide bonds. The molecule has 2 aromatic carbocycles. The maximum atomic E-state index is 11.9. The maximum absolute atomic E-state index is 11.9. The third-order valence-electron chi connectivity index (χ3n) is 3.17. The van der Waals surface area contributed by atoms with E-state index in [0.29, 0.717) is 18.0 Å². The second-order valence-corrected chi connectivity index (χ2v) is 6.60. The molecule has 0 aliphatic rings. The summed E-state index contributed by atoms with van der Waals surface area (Å²) in [7, 11) is 0. The van der Waals surface area contributed by atoms with E-state index in [1.165, 1.54) is 3.57 Å². The number of anilines is 1. The monoisotopic (exact) mass is 424 g/mol. The van der Waals surface area contributed by atoms with Crippen LogP contribution in [0.15, 0.2) is 48.5 Å². The van der Waals surface area contributed by atoms with Crippen molar-refractivity contribution in [1.82, 2.24) is 5.32 Å². The van der Waals surface area contributed by atoms with E-state index in [1.807, 2.05) is 49.4 Å². The van der Waals surface area contributed by atoms with Crippen LogP contribution in [0.25, 0.3) is 0 Å². The molecule has 2 N–H and O–H groups in total. The fourth-order valence-electron chi connectivity index (χ4n) is 2.01. The predicted octanol–water partition coefficient (Wildman–Crippen LogP) is 4.05. The van der Waals surface area contributed by atoms with Gasteiger partial charge in [0.1, 0.15) is 0 Å². The number of halogens is 1. The molecule has 0 bridgehead atoms. The number of rotatable bonds is 4. The number of carbonyl (C=O) groups excluding carboxylic acids is 1. The molecule has 0 saturated carbocycles. The normalized spacial score (nSPS) is 10.1. The summed E-state index contributed by atoms with van der Waals surface area (Å²) in [5.41, 5.74) is 3.14. The van der Waals surface area contributed by atoms with Crippen LogP contribution in [0.2, 0.25) is 0 Å². The first-order valence-electron chi connectivity index (χ1n) is 6.95. The number of nitrogens with one attached hydrogen (secondary N) is 2. The lowest BCUT2D eigenvalue weighted by molar-refractivity contribution is -0.119. The van der Waals surface area contributed by atoms with Crippen LogP contribution in [0, 0.1) is 10.5 Å². The van der Waals surface area contributed by atoms with Crippen molar-refractivity contribution < 1.29 is 4.79 Å². The zero-order valence-corrected chi connectivity index (χ0v) is 15.2. The van der Waals surface area contributed by atoms with Crippen LogP contribution in [-0.4, -0.2) is 11.0 Å². The van der Waals surface area contributed by atoms with Crippen LogP contribution in [0.3, 0.4) is 0 Å². The van der Waals surface area contributed by atoms with E-state index in [2.05, 4.69) is 39.3 Å². The Morgan fingerprint density at radius 3 is 2.59 bits per heavy atom. The SMILES string of the molecule is Cc1cc(I)ccc1NC(=S)NC(=O)CCc1ccccc1. The molecule has 2 aromatic rings. The molecule has 2 rings (SSSR count). The molecule has 114 valence electrons. The van der Waals surface area contributed by atoms with Crippen molar-refractivity contribution in [3.05, 3.63) is 63.2 Å². The van der Waals surface area contributed by atoms with Gasteiger partial charge in [0.15, 0.2) is 5.11 Å². The molecule has 0 saturated heterocycles. The second-order valence-electron chi connectivity index (χ2n) is 4.95. The molecule has 5 heteroatoms. The molecule has 0 fully saturated rings. The zero-order chi connectivity index (χ0) is 15.9. The Balaban J connectivity index is 1.82. The lowest BCUT2D eigenvalue weighted by Crippen LogP contribution is -2.34. The van der Waals surface area contributed by atoms with Gasteiger partial charge in [-0.15, -0.1) is 0 Å². The molecule has 3 nitrogen and oxygen atoms in total. The fraction of sp³-hybridized carbons (Fsp3) is 0.176. The molecule has 0 aliphatic carbocycles. The Bertz CT molecular complexity index is 674. The van der Waals surface area contributed by atoms with Crippen molar-refractivity contribution in [2.75, 3.05) is 5.32 Å². The van der Waals surface area contributed by atoms with E-state index in [1.54, 1.807) is 0 Å². The van der Waals surface area contributed by atoms with Crippen molar-refractivity contribution in [2.45, 2.75) is 19.8 Å². The summed E-state index contributed by atoms with van der Waals surface area (Å²) in [6.07, 6.45) is 1.12. The molecular weight excluding hydrogens is 407 g/mol. The van der Waals surface area contributed by atoms with E-state index in [0.717, 1.165) is 16.8 Å². The Kier molecular flexibility index (Phi) is 6.33. The highest BCUT2D eigenvalue weighted by molar-refractivity contribution is 14.1. The maximum Gasteiger partial charge on any atom is 0.226 e. The van der Waals surface area contributed by atoms with Gasteiger partial charge >= 0.3 is 0 Å². The summed E-state index contributed by atoms with van der Waals surface area (Å²) in [6, 6.07) is 15.9. The lowest BCUT2D eigenvalue weighted by atomic mass is 10.1. The van der Waals surface area contributed by atoms with Crippen molar-refractivity contribution in [1.29, 1.82) is 0 Å². The van der Waals surface area contributed by atoms with Gasteiger partial charge in [-0.3, -0.25) is 4.79 Å². The Labute approximate surface area is 149 Å². The summed E-state index contributed by atoms with van der Waals surface area (Å²) in [6.45, 7) is 2.00. The van der Waals surface area contributed by atoms with Crippen molar-refractivity contribution in [3.63, 3.8) is 0 Å². The van der Waals surface area contributed by atoms with E-state index >= 15 is 0 Å². The largest absolute Gasteiger partial charge is 0.332 e. The number of aryl methyl sites for hydroxylation is 2. The fourth-order valence-corrected chi connectivity index (χ4v) is 2.88. The highest BCUT2D eigenvalue weighted by Crippen LogP contribution is 2.17. The molecule has 22 heavy (non-hydrogen) atoms. The van der Waals surface area contributed by atoms with E-state index in [9.17, 15) is 4.79 Å². The van der Waals surface area contributed by atoms with Crippen LogP contribution < -0.4 is 10.6 Å². The van der Waals surface area contributed by atoms with Gasteiger partial charge in [-0.05, 0) is 77.5 Å². The number of hydrogen-bond acceptors (Lipinski definition) is 2. The molecule has 0 heterocycles. The van der Waals surface area contributed by atoms with Gasteiger partial charge in [0.25, 0.3) is 0 Å². The summed E-state index contributed by atoms with van der Waals surface area (Å²) in [5.74, 6) is -0.0792. The van der Waals surface area contributed by atoms with Crippen molar-refractivity contribution in [2.24, 2.45) is 0 Å². The first kappa shape index (κ1) is 16.9. The van der Waals surface area contributed by atoms with Gasteiger partial charge < -0.3 is 10.6 Å². The second kappa shape index (κ2) is 8.24. The number of hydrogen-bond donors (Lipinski definition) is 2. The molecule has 0 aliphatic heterocycles. The summed E-state index contributed by atoms with van der Waals surface area (Å²) < 4.78 is 1.17. The highest BCUT2D eigenvalue weighted by Gasteiger charge is 2.06. The topological polar surface area (TPSA) is 41.1 Å². The van der Waals surface area contributed by atoms with Crippen LogP contribution in [0.1, 0.15) is 17.5 Å². The first-order valence-corrected chi connectivity index (χ1v) is 8.44. The number of benzene rings is 2. The third kappa shape index (κ3) is 5.38.